The second-order valence-corrected chi connectivity index (χ2v) is 10.1. The summed E-state index contributed by atoms with van der Waals surface area (Å²) in [6.45, 7) is 0. The van der Waals surface area contributed by atoms with Gasteiger partial charge in [0.25, 0.3) is 0 Å². The maximum Gasteiger partial charge on any atom is 0.0629 e. The molecule has 0 spiro atoms. The molecule has 0 saturated heterocycles. The Bertz CT molecular complexity index is 3960. The molecule has 0 aromatic heterocycles. The minimum absolute atomic E-state index is 0.479. The molecule has 0 nitrogen and oxygen atoms in total. The summed E-state index contributed by atoms with van der Waals surface area (Å²) in [6, 6.07) is -28.7. The lowest BCUT2D eigenvalue weighted by Crippen LogP contribution is -2.14. The van der Waals surface area contributed by atoms with Gasteiger partial charge in [0, 0.05) is 11.8 Å². The summed E-state index contributed by atoms with van der Waals surface area (Å²) < 4.78 is 269. The third-order valence-electron chi connectivity index (χ3n) is 7.57. The van der Waals surface area contributed by atoms with Crippen LogP contribution in [0.2, 0.25) is 0 Å². The van der Waals surface area contributed by atoms with E-state index < -0.39 is 270 Å². The topological polar surface area (TPSA) is 0 Å². The highest BCUT2D eigenvalue weighted by molar-refractivity contribution is 6.21. The monoisotopic (exact) mass is 614 g/mol. The molecule has 0 bridgehead atoms. The van der Waals surface area contributed by atoms with Gasteiger partial charge in [-0.3, -0.25) is 0 Å². The first-order valence-corrected chi connectivity index (χ1v) is 13.7. The number of hydrogen-bond donors (Lipinski definition) is 0. The van der Waals surface area contributed by atoms with E-state index in [1.807, 2.05) is 0 Å². The summed E-state index contributed by atoms with van der Waals surface area (Å²) in [5.41, 5.74) is -6.12. The molecule has 0 radical (unpaired) electrons. The Morgan fingerprint density at radius 1 is 0.413 bits per heavy atom. The summed E-state index contributed by atoms with van der Waals surface area (Å²) in [7, 11) is 0. The number of rotatable bonds is 4. The standard InChI is InChI=1S/C46H32/c1-3-15-37-31(11-1)13-9-21-39(37)33-23-27-35(28-24-33)45-41-17-5-7-19-43(41)46(44-20-8-6-18-42(44)45)36-29-25-34(26-30-36)40-22-10-14-32-12-2-4-16-38(32)40/h1-30,37,39H/i1D,2D,3D,4D,5D,6D,7D,8D,9D,10D,11D,12D,13D,14D,15D,16D,17D,18D,19D,20D,21D,22D,23D,24D,25D,26D,27D,28D,29D,30D. The number of allylic oxidation sites excluding steroid dienone is 8. The molecule has 2 unspecified atom stereocenters. The summed E-state index contributed by atoms with van der Waals surface area (Å²) in [6.07, 6.45) is 0. The lowest BCUT2D eigenvalue weighted by molar-refractivity contribution is 0.670. The fourth-order valence-corrected chi connectivity index (χ4v) is 5.51. The molecule has 7 aromatic carbocycles. The Morgan fingerprint density at radius 2 is 0.935 bits per heavy atom. The molecule has 0 heterocycles. The molecule has 7 aromatic rings. The van der Waals surface area contributed by atoms with Gasteiger partial charge in [0.05, 0.1) is 41.1 Å². The van der Waals surface area contributed by atoms with E-state index in [2.05, 4.69) is 0 Å². The van der Waals surface area contributed by atoms with Crippen LogP contribution in [0, 0.1) is 5.92 Å². The van der Waals surface area contributed by atoms with E-state index in [-0.39, 0.29) is 0 Å². The van der Waals surface area contributed by atoms with Gasteiger partial charge in [-0.1, -0.05) is 181 Å². The van der Waals surface area contributed by atoms with Gasteiger partial charge in [-0.2, -0.15) is 0 Å². The van der Waals surface area contributed by atoms with Gasteiger partial charge in [0.2, 0.25) is 0 Å². The molecule has 0 aliphatic heterocycles. The highest BCUT2D eigenvalue weighted by Crippen LogP contribution is 2.45. The van der Waals surface area contributed by atoms with Crippen LogP contribution >= 0.6 is 0 Å². The fraction of sp³-hybridized carbons (Fsp3) is 0.0435. The van der Waals surface area contributed by atoms with Gasteiger partial charge in [-0.05, 0) is 76.8 Å². The van der Waals surface area contributed by atoms with E-state index in [9.17, 15) is 16.4 Å². The Balaban J connectivity index is 1.48. The van der Waals surface area contributed by atoms with Gasteiger partial charge in [-0.15, -0.1) is 0 Å². The highest BCUT2D eigenvalue weighted by Gasteiger charge is 2.25. The van der Waals surface area contributed by atoms with Gasteiger partial charge < -0.3 is 0 Å². The van der Waals surface area contributed by atoms with Crippen LogP contribution in [0.3, 0.4) is 0 Å². The Kier molecular flexibility index (Phi) is 2.43. The van der Waals surface area contributed by atoms with Gasteiger partial charge in [0.15, 0.2) is 0 Å². The molecule has 2 aliphatic rings. The van der Waals surface area contributed by atoms with Crippen molar-refractivity contribution >= 4 is 32.3 Å². The maximum atomic E-state index is 9.56. The van der Waals surface area contributed by atoms with E-state index in [1.54, 1.807) is 0 Å². The van der Waals surface area contributed by atoms with Crippen LogP contribution in [-0.4, -0.2) is 0 Å². The predicted molar refractivity (Wildman–Crippen MR) is 197 cm³/mol. The Labute approximate surface area is 312 Å². The molecule has 0 fully saturated rings. The Hall–Kier alpha value is -5.72. The molecular weight excluding hydrogens is 553 g/mol. The van der Waals surface area contributed by atoms with Crippen molar-refractivity contribution in [3.05, 3.63) is 192 Å². The SMILES string of the molecule is [2H]C1=C([2H])C2=C([2H])C([2H])=C([2H])C(c3c([2H])c([2H])c(-c4c5c([2H])c([2H])c([2H])c([2H])c5c(-c5c([2H])c([2H])c(-c6c([2H])c([2H])c([2H])c7c([2H])c([2H])c([2H])c([2H])c67)c([2H])c5[2H])c5c([2H])c([2H])c([2H])c([2H])c45)c([2H])c3[2H])C2C([2H])=C1[2H]. The second-order valence-electron chi connectivity index (χ2n) is 10.1. The minimum Gasteiger partial charge on any atom is -0.0761 e. The summed E-state index contributed by atoms with van der Waals surface area (Å²) in [5, 5.41) is -4.39. The number of fused-ring (bicyclic) bond motifs is 4. The van der Waals surface area contributed by atoms with Crippen LogP contribution in [0.15, 0.2) is 187 Å². The van der Waals surface area contributed by atoms with Crippen molar-refractivity contribution < 1.29 is 41.1 Å². The lowest BCUT2D eigenvalue weighted by atomic mass is 9.76. The third-order valence-corrected chi connectivity index (χ3v) is 7.57. The van der Waals surface area contributed by atoms with Crippen molar-refractivity contribution in [3.8, 4) is 33.4 Å². The first-order valence-electron chi connectivity index (χ1n) is 28.7. The van der Waals surface area contributed by atoms with Crippen molar-refractivity contribution in [2.45, 2.75) is 5.92 Å². The largest absolute Gasteiger partial charge is 0.0761 e. The van der Waals surface area contributed by atoms with E-state index in [1.165, 1.54) is 0 Å². The molecule has 9 rings (SSSR count). The first-order chi connectivity index (χ1) is 35.3. The van der Waals surface area contributed by atoms with E-state index in [0.717, 1.165) is 0 Å². The number of benzene rings is 7. The molecule has 0 amide bonds. The quantitative estimate of drug-likeness (QED) is 0.173. The molecule has 46 heavy (non-hydrogen) atoms. The zero-order valence-corrected chi connectivity index (χ0v) is 23.2. The zero-order chi connectivity index (χ0) is 56.6. The average Bonchev–Trinajstić information content (AvgIpc) is 3.38. The highest BCUT2D eigenvalue weighted by atomic mass is 14.3. The van der Waals surface area contributed by atoms with Crippen LogP contribution in [0.5, 0.6) is 0 Å². The van der Waals surface area contributed by atoms with Gasteiger partial charge in [0.1, 0.15) is 0 Å². The molecule has 216 valence electrons. The summed E-state index contributed by atoms with van der Waals surface area (Å²) >= 11 is 0. The molecule has 0 heteroatoms. The van der Waals surface area contributed by atoms with Crippen molar-refractivity contribution in [2.24, 2.45) is 5.92 Å². The summed E-state index contributed by atoms with van der Waals surface area (Å²) in [4.78, 5) is 0. The average molecular weight is 615 g/mol. The molecular formula is C46H32. The third kappa shape index (κ3) is 4.37. The van der Waals surface area contributed by atoms with Crippen molar-refractivity contribution in [1.29, 1.82) is 0 Å². The van der Waals surface area contributed by atoms with E-state index >= 15 is 0 Å². The lowest BCUT2D eigenvalue weighted by Gasteiger charge is -2.28. The van der Waals surface area contributed by atoms with E-state index in [0.29, 0.717) is 0 Å². The normalized spacial score (nSPS) is 27.7. The van der Waals surface area contributed by atoms with Crippen LogP contribution in [0.1, 0.15) is 52.6 Å². The smallest absolute Gasteiger partial charge is 0.0629 e. The van der Waals surface area contributed by atoms with Crippen LogP contribution in [0.25, 0.3) is 65.7 Å². The molecule has 2 aliphatic carbocycles. The van der Waals surface area contributed by atoms with Crippen molar-refractivity contribution in [3.63, 3.8) is 0 Å². The van der Waals surface area contributed by atoms with Crippen LogP contribution < -0.4 is 0 Å². The minimum atomic E-state index is -1.88. The van der Waals surface area contributed by atoms with Gasteiger partial charge in [-0.25, -0.2) is 0 Å². The van der Waals surface area contributed by atoms with Crippen LogP contribution in [-0.2, 0) is 0 Å². The second kappa shape index (κ2) is 11.0. The predicted octanol–water partition coefficient (Wildman–Crippen LogP) is 12.5. The first kappa shape index (κ1) is 10.1. The fourth-order valence-electron chi connectivity index (χ4n) is 5.51. The molecule has 2 atom stereocenters. The van der Waals surface area contributed by atoms with Crippen molar-refractivity contribution in [1.82, 2.24) is 0 Å². The number of hydrogen-bond acceptors (Lipinski definition) is 0. The molecule has 0 N–H and O–H groups in total. The summed E-state index contributed by atoms with van der Waals surface area (Å²) in [5.74, 6) is -3.62. The molecule has 0 saturated carbocycles. The maximum absolute atomic E-state index is 9.56. The zero-order valence-electron chi connectivity index (χ0n) is 53.2. The van der Waals surface area contributed by atoms with Crippen LogP contribution in [0.4, 0.5) is 0 Å². The van der Waals surface area contributed by atoms with Gasteiger partial charge >= 0.3 is 0 Å². The van der Waals surface area contributed by atoms with E-state index in [4.69, 9.17) is 24.7 Å². The van der Waals surface area contributed by atoms with Crippen molar-refractivity contribution in [2.75, 3.05) is 0 Å². The Morgan fingerprint density at radius 3 is 1.59 bits per heavy atom.